The number of thioether (sulfide) groups is 1. The van der Waals surface area contributed by atoms with Crippen LogP contribution < -0.4 is 5.32 Å². The normalized spacial score (nSPS) is 9.95. The number of amides is 1. The van der Waals surface area contributed by atoms with Crippen molar-refractivity contribution < 1.29 is 4.79 Å². The van der Waals surface area contributed by atoms with Gasteiger partial charge in [-0.1, -0.05) is 23.9 Å². The SMILES string of the molecule is Cc1cc(C)nc(SCC(=O)Nc2ccccc2C#N)c1. The number of benzene rings is 1. The number of hydrogen-bond donors (Lipinski definition) is 1. The van der Waals surface area contributed by atoms with E-state index in [-0.39, 0.29) is 11.7 Å². The van der Waals surface area contributed by atoms with E-state index in [1.54, 1.807) is 24.3 Å². The molecule has 21 heavy (non-hydrogen) atoms. The fourth-order valence-electron chi connectivity index (χ4n) is 1.89. The lowest BCUT2D eigenvalue weighted by atomic mass is 10.2. The van der Waals surface area contributed by atoms with Gasteiger partial charge in [0, 0.05) is 5.69 Å². The molecule has 106 valence electrons. The largest absolute Gasteiger partial charge is 0.324 e. The second kappa shape index (κ2) is 6.91. The van der Waals surface area contributed by atoms with Gasteiger partial charge in [-0.05, 0) is 43.7 Å². The van der Waals surface area contributed by atoms with Crippen molar-refractivity contribution in [2.75, 3.05) is 11.1 Å². The predicted octanol–water partition coefficient (Wildman–Crippen LogP) is 3.30. The smallest absolute Gasteiger partial charge is 0.234 e. The lowest BCUT2D eigenvalue weighted by molar-refractivity contribution is -0.113. The lowest BCUT2D eigenvalue weighted by Crippen LogP contribution is -2.15. The maximum absolute atomic E-state index is 12.0. The Balaban J connectivity index is 1.98. The summed E-state index contributed by atoms with van der Waals surface area (Å²) < 4.78 is 0. The predicted molar refractivity (Wildman–Crippen MR) is 84.2 cm³/mol. The number of nitrogens with one attached hydrogen (secondary N) is 1. The maximum Gasteiger partial charge on any atom is 0.234 e. The van der Waals surface area contributed by atoms with Gasteiger partial charge in [0.2, 0.25) is 5.91 Å². The Morgan fingerprint density at radius 3 is 2.81 bits per heavy atom. The summed E-state index contributed by atoms with van der Waals surface area (Å²) in [7, 11) is 0. The molecule has 0 aliphatic carbocycles. The van der Waals surface area contributed by atoms with E-state index in [2.05, 4.69) is 16.4 Å². The number of para-hydroxylation sites is 1. The average Bonchev–Trinajstić information content (AvgIpc) is 2.45. The van der Waals surface area contributed by atoms with Gasteiger partial charge in [-0.15, -0.1) is 0 Å². The molecule has 0 saturated heterocycles. The summed E-state index contributed by atoms with van der Waals surface area (Å²) in [4.78, 5) is 16.3. The number of anilines is 1. The summed E-state index contributed by atoms with van der Waals surface area (Å²) in [5, 5.41) is 12.6. The van der Waals surface area contributed by atoms with E-state index in [4.69, 9.17) is 5.26 Å². The van der Waals surface area contributed by atoms with E-state index >= 15 is 0 Å². The summed E-state index contributed by atoms with van der Waals surface area (Å²) in [6.07, 6.45) is 0. The summed E-state index contributed by atoms with van der Waals surface area (Å²) >= 11 is 1.38. The van der Waals surface area contributed by atoms with Crippen molar-refractivity contribution in [3.05, 3.63) is 53.2 Å². The van der Waals surface area contributed by atoms with Gasteiger partial charge in [0.05, 0.1) is 22.0 Å². The molecule has 0 spiro atoms. The van der Waals surface area contributed by atoms with Crippen molar-refractivity contribution in [2.24, 2.45) is 0 Å². The molecule has 0 atom stereocenters. The van der Waals surface area contributed by atoms with Crippen LogP contribution >= 0.6 is 11.8 Å². The molecule has 2 aromatic rings. The highest BCUT2D eigenvalue weighted by atomic mass is 32.2. The second-order valence-electron chi connectivity index (χ2n) is 4.62. The zero-order valence-electron chi connectivity index (χ0n) is 11.9. The number of rotatable bonds is 4. The summed E-state index contributed by atoms with van der Waals surface area (Å²) in [5.41, 5.74) is 3.06. The highest BCUT2D eigenvalue weighted by Crippen LogP contribution is 2.19. The molecular formula is C16H15N3OS. The number of aromatic nitrogens is 1. The first-order valence-corrected chi connectivity index (χ1v) is 7.44. The van der Waals surface area contributed by atoms with Crippen LogP contribution in [0.2, 0.25) is 0 Å². The van der Waals surface area contributed by atoms with Crippen molar-refractivity contribution in [1.82, 2.24) is 4.98 Å². The Hall–Kier alpha value is -2.32. The molecule has 1 N–H and O–H groups in total. The van der Waals surface area contributed by atoms with E-state index in [9.17, 15) is 4.79 Å². The van der Waals surface area contributed by atoms with Gasteiger partial charge >= 0.3 is 0 Å². The van der Waals surface area contributed by atoms with Crippen LogP contribution in [0.4, 0.5) is 5.69 Å². The monoisotopic (exact) mass is 297 g/mol. The van der Waals surface area contributed by atoms with Gasteiger partial charge in [-0.2, -0.15) is 5.26 Å². The van der Waals surface area contributed by atoms with Gasteiger partial charge in [0.15, 0.2) is 0 Å². The van der Waals surface area contributed by atoms with Crippen LogP contribution in [-0.2, 0) is 4.79 Å². The molecule has 4 nitrogen and oxygen atoms in total. The Labute approximate surface area is 128 Å². The third kappa shape index (κ3) is 4.33. The first-order valence-electron chi connectivity index (χ1n) is 6.45. The molecule has 0 aliphatic rings. The van der Waals surface area contributed by atoms with Gasteiger partial charge in [0.1, 0.15) is 6.07 Å². The molecule has 1 aromatic heterocycles. The van der Waals surface area contributed by atoms with E-state index in [1.807, 2.05) is 26.0 Å². The van der Waals surface area contributed by atoms with Crippen molar-refractivity contribution in [3.8, 4) is 6.07 Å². The van der Waals surface area contributed by atoms with E-state index < -0.39 is 0 Å². The van der Waals surface area contributed by atoms with Crippen LogP contribution in [0.25, 0.3) is 0 Å². The number of carbonyl (C=O) groups is 1. The van der Waals surface area contributed by atoms with Crippen molar-refractivity contribution >= 4 is 23.4 Å². The Kier molecular flexibility index (Phi) is 4.96. The summed E-state index contributed by atoms with van der Waals surface area (Å²) in [5.74, 6) is 0.110. The Bertz CT molecular complexity index is 687. The van der Waals surface area contributed by atoms with Crippen molar-refractivity contribution in [2.45, 2.75) is 18.9 Å². The first-order chi connectivity index (χ1) is 10.1. The van der Waals surface area contributed by atoms with Gasteiger partial charge < -0.3 is 5.32 Å². The molecule has 0 saturated carbocycles. The van der Waals surface area contributed by atoms with Crippen LogP contribution in [0.5, 0.6) is 0 Å². The van der Waals surface area contributed by atoms with E-state index in [0.29, 0.717) is 11.3 Å². The zero-order chi connectivity index (χ0) is 15.2. The molecule has 1 heterocycles. The van der Waals surface area contributed by atoms with Crippen LogP contribution in [-0.4, -0.2) is 16.6 Å². The fraction of sp³-hybridized carbons (Fsp3) is 0.188. The number of nitrogens with zero attached hydrogens (tertiary/aromatic N) is 2. The molecule has 1 amide bonds. The minimum atomic E-state index is -0.149. The highest BCUT2D eigenvalue weighted by molar-refractivity contribution is 7.99. The number of nitriles is 1. The topological polar surface area (TPSA) is 65.8 Å². The van der Waals surface area contributed by atoms with Crippen LogP contribution in [0.3, 0.4) is 0 Å². The van der Waals surface area contributed by atoms with E-state index in [1.165, 1.54) is 11.8 Å². The second-order valence-corrected chi connectivity index (χ2v) is 5.61. The Morgan fingerprint density at radius 2 is 2.10 bits per heavy atom. The molecule has 0 aliphatic heterocycles. The van der Waals surface area contributed by atoms with Gasteiger partial charge in [-0.3, -0.25) is 4.79 Å². The Morgan fingerprint density at radius 1 is 1.33 bits per heavy atom. The molecule has 2 rings (SSSR count). The number of aryl methyl sites for hydroxylation is 2. The number of carbonyl (C=O) groups excluding carboxylic acids is 1. The number of pyridine rings is 1. The number of hydrogen-bond acceptors (Lipinski definition) is 4. The van der Waals surface area contributed by atoms with Gasteiger partial charge in [-0.25, -0.2) is 4.98 Å². The maximum atomic E-state index is 12.0. The fourth-order valence-corrected chi connectivity index (χ4v) is 2.72. The molecular weight excluding hydrogens is 282 g/mol. The molecule has 1 aromatic carbocycles. The quantitative estimate of drug-likeness (QED) is 0.879. The molecule has 0 unspecified atom stereocenters. The third-order valence-electron chi connectivity index (χ3n) is 2.75. The van der Waals surface area contributed by atoms with Crippen molar-refractivity contribution in [1.29, 1.82) is 5.26 Å². The first kappa shape index (κ1) is 15.1. The molecule has 0 fully saturated rings. The van der Waals surface area contributed by atoms with E-state index in [0.717, 1.165) is 16.3 Å². The standard InChI is InChI=1S/C16H15N3OS/c1-11-7-12(2)18-16(8-11)21-10-15(20)19-14-6-4-3-5-13(14)9-17/h3-8H,10H2,1-2H3,(H,19,20). The van der Waals surface area contributed by atoms with Crippen LogP contribution in [0.1, 0.15) is 16.8 Å². The third-order valence-corrected chi connectivity index (χ3v) is 3.66. The highest BCUT2D eigenvalue weighted by Gasteiger charge is 2.08. The molecule has 0 bridgehead atoms. The lowest BCUT2D eigenvalue weighted by Gasteiger charge is -2.07. The summed E-state index contributed by atoms with van der Waals surface area (Å²) in [6.45, 7) is 3.93. The summed E-state index contributed by atoms with van der Waals surface area (Å²) in [6, 6.07) is 12.9. The molecule has 5 heteroatoms. The zero-order valence-corrected chi connectivity index (χ0v) is 12.7. The minimum Gasteiger partial charge on any atom is -0.324 e. The van der Waals surface area contributed by atoms with Crippen LogP contribution in [0.15, 0.2) is 41.4 Å². The van der Waals surface area contributed by atoms with Gasteiger partial charge in [0.25, 0.3) is 0 Å². The van der Waals surface area contributed by atoms with Crippen molar-refractivity contribution in [3.63, 3.8) is 0 Å². The molecule has 0 radical (unpaired) electrons. The minimum absolute atomic E-state index is 0.149. The average molecular weight is 297 g/mol. The van der Waals surface area contributed by atoms with Crippen LogP contribution in [0, 0.1) is 25.2 Å².